The van der Waals surface area contributed by atoms with E-state index in [0.717, 1.165) is 41.1 Å². The minimum atomic E-state index is 0.888. The second-order valence-electron chi connectivity index (χ2n) is 7.04. The Labute approximate surface area is 167 Å². The fourth-order valence-electron chi connectivity index (χ4n) is 3.39. The molecule has 1 nitrogen and oxygen atoms in total. The van der Waals surface area contributed by atoms with Gasteiger partial charge in [-0.1, -0.05) is 68.4 Å². The molecule has 0 spiro atoms. The molecule has 0 aliphatic carbocycles. The summed E-state index contributed by atoms with van der Waals surface area (Å²) in [6, 6.07) is 32.1. The van der Waals surface area contributed by atoms with Crippen molar-refractivity contribution in [2.45, 2.75) is 26.7 Å². The van der Waals surface area contributed by atoms with E-state index in [4.69, 9.17) is 4.42 Å². The Morgan fingerprint density at radius 2 is 0.964 bits per heavy atom. The standard InChI is InChI=1S/C27H25O/c1-3-20-10-14-23(15-11-20)26-18-25(22-8-6-5-7-9-22)19-27(28-26)24-16-12-21(4-2)13-17-24/h5-19H,3-4H2,1-2H3/q+1. The van der Waals surface area contributed by atoms with E-state index in [2.05, 4.69) is 98.8 Å². The van der Waals surface area contributed by atoms with Gasteiger partial charge in [-0.2, -0.15) is 0 Å². The molecule has 4 aromatic rings. The summed E-state index contributed by atoms with van der Waals surface area (Å²) in [4.78, 5) is 0. The molecule has 0 fully saturated rings. The zero-order valence-corrected chi connectivity index (χ0v) is 16.5. The number of rotatable bonds is 5. The van der Waals surface area contributed by atoms with E-state index in [9.17, 15) is 0 Å². The Kier molecular flexibility index (Phi) is 5.34. The van der Waals surface area contributed by atoms with E-state index in [1.807, 2.05) is 6.07 Å². The number of hydrogen-bond acceptors (Lipinski definition) is 0. The van der Waals surface area contributed by atoms with Crippen molar-refractivity contribution in [1.29, 1.82) is 0 Å². The smallest absolute Gasteiger partial charge is 0.207 e. The van der Waals surface area contributed by atoms with Gasteiger partial charge in [0.15, 0.2) is 0 Å². The van der Waals surface area contributed by atoms with E-state index < -0.39 is 0 Å². The van der Waals surface area contributed by atoms with Crippen molar-refractivity contribution in [3.63, 3.8) is 0 Å². The van der Waals surface area contributed by atoms with E-state index in [1.54, 1.807) is 0 Å². The summed E-state index contributed by atoms with van der Waals surface area (Å²) < 4.78 is 6.36. The highest BCUT2D eigenvalue weighted by Gasteiger charge is 2.20. The molecule has 3 aromatic carbocycles. The maximum absolute atomic E-state index is 6.36. The Balaban J connectivity index is 1.84. The average Bonchev–Trinajstić information content (AvgIpc) is 2.79. The van der Waals surface area contributed by atoms with Crippen LogP contribution >= 0.6 is 0 Å². The lowest BCUT2D eigenvalue weighted by molar-refractivity contribution is 0.582. The minimum Gasteiger partial charge on any atom is -0.207 e. The van der Waals surface area contributed by atoms with E-state index >= 15 is 0 Å². The zero-order valence-electron chi connectivity index (χ0n) is 16.5. The predicted molar refractivity (Wildman–Crippen MR) is 118 cm³/mol. The molecule has 0 atom stereocenters. The van der Waals surface area contributed by atoms with Gasteiger partial charge in [0.1, 0.15) is 0 Å². The van der Waals surface area contributed by atoms with Gasteiger partial charge in [-0.05, 0) is 53.8 Å². The number of hydrogen-bond donors (Lipinski definition) is 0. The molecule has 1 aromatic heterocycles. The van der Waals surface area contributed by atoms with Crippen LogP contribution in [-0.4, -0.2) is 0 Å². The van der Waals surface area contributed by atoms with Crippen LogP contribution < -0.4 is 0 Å². The summed E-state index contributed by atoms with van der Waals surface area (Å²) in [6.45, 7) is 4.35. The Morgan fingerprint density at radius 3 is 1.39 bits per heavy atom. The summed E-state index contributed by atoms with van der Waals surface area (Å²) in [5.74, 6) is 1.78. The quantitative estimate of drug-likeness (QED) is 0.330. The maximum atomic E-state index is 6.36. The summed E-state index contributed by atoms with van der Waals surface area (Å²) in [7, 11) is 0. The van der Waals surface area contributed by atoms with Crippen molar-refractivity contribution < 1.29 is 4.42 Å². The van der Waals surface area contributed by atoms with Crippen LogP contribution in [0.15, 0.2) is 95.4 Å². The van der Waals surface area contributed by atoms with Gasteiger partial charge < -0.3 is 0 Å². The van der Waals surface area contributed by atoms with Crippen molar-refractivity contribution in [3.05, 3.63) is 102 Å². The first-order chi connectivity index (χ1) is 13.8. The molecule has 0 amide bonds. The van der Waals surface area contributed by atoms with Crippen molar-refractivity contribution in [3.8, 4) is 33.8 Å². The molecule has 0 saturated heterocycles. The Hall–Kier alpha value is -3.19. The van der Waals surface area contributed by atoms with E-state index in [0.29, 0.717) is 0 Å². The predicted octanol–water partition coefficient (Wildman–Crippen LogP) is 7.69. The van der Waals surface area contributed by atoms with Gasteiger partial charge in [-0.3, -0.25) is 0 Å². The van der Waals surface area contributed by atoms with E-state index in [1.165, 1.54) is 16.7 Å². The first-order valence-corrected chi connectivity index (χ1v) is 9.99. The summed E-state index contributed by atoms with van der Waals surface area (Å²) in [5.41, 5.74) is 7.21. The lowest BCUT2D eigenvalue weighted by atomic mass is 10.0. The van der Waals surface area contributed by atoms with Crippen LogP contribution in [0.3, 0.4) is 0 Å². The van der Waals surface area contributed by atoms with Crippen molar-refractivity contribution in [1.82, 2.24) is 0 Å². The molecule has 1 heteroatoms. The third-order valence-corrected chi connectivity index (χ3v) is 5.19. The van der Waals surface area contributed by atoms with E-state index in [-0.39, 0.29) is 0 Å². The molecule has 0 unspecified atom stereocenters. The minimum absolute atomic E-state index is 0.888. The largest absolute Gasteiger partial charge is 0.361 e. The number of aryl methyl sites for hydroxylation is 2. The molecule has 0 aliphatic heterocycles. The highest BCUT2D eigenvalue weighted by molar-refractivity contribution is 5.74. The van der Waals surface area contributed by atoms with Crippen LogP contribution in [0.4, 0.5) is 0 Å². The SMILES string of the molecule is CCc1ccc(-c2cc(-c3ccccc3)cc(-c3ccc(CC)cc3)[o+]2)cc1. The number of benzene rings is 3. The lowest BCUT2D eigenvalue weighted by Crippen LogP contribution is -1.87. The van der Waals surface area contributed by atoms with Crippen molar-refractivity contribution in [2.75, 3.05) is 0 Å². The molecule has 4 rings (SSSR count). The van der Waals surface area contributed by atoms with Crippen LogP contribution in [0, 0.1) is 0 Å². The molecule has 0 bridgehead atoms. The molecule has 0 saturated carbocycles. The van der Waals surface area contributed by atoms with Gasteiger partial charge in [0, 0.05) is 5.56 Å². The molecule has 0 radical (unpaired) electrons. The molecule has 28 heavy (non-hydrogen) atoms. The van der Waals surface area contributed by atoms with Gasteiger partial charge >= 0.3 is 11.5 Å². The van der Waals surface area contributed by atoms with Crippen molar-refractivity contribution in [2.24, 2.45) is 0 Å². The van der Waals surface area contributed by atoms with Gasteiger partial charge in [-0.15, -0.1) is 0 Å². The lowest BCUT2D eigenvalue weighted by Gasteiger charge is -2.03. The molecule has 138 valence electrons. The van der Waals surface area contributed by atoms with Crippen molar-refractivity contribution >= 4 is 0 Å². The topological polar surface area (TPSA) is 11.3 Å². The highest BCUT2D eigenvalue weighted by atomic mass is 16.3. The second kappa shape index (κ2) is 8.22. The van der Waals surface area contributed by atoms with Crippen LogP contribution in [0.1, 0.15) is 25.0 Å². The highest BCUT2D eigenvalue weighted by Crippen LogP contribution is 2.33. The third kappa shape index (κ3) is 3.89. The summed E-state index contributed by atoms with van der Waals surface area (Å²) in [5, 5.41) is 0. The molecule has 1 heterocycles. The van der Waals surface area contributed by atoms with Crippen LogP contribution in [0.5, 0.6) is 0 Å². The second-order valence-corrected chi connectivity index (χ2v) is 7.04. The monoisotopic (exact) mass is 365 g/mol. The average molecular weight is 365 g/mol. The first kappa shape index (κ1) is 18.2. The van der Waals surface area contributed by atoms with Crippen LogP contribution in [-0.2, 0) is 12.8 Å². The zero-order chi connectivity index (χ0) is 19.3. The molecular weight excluding hydrogens is 340 g/mol. The van der Waals surface area contributed by atoms with Crippen LogP contribution in [0.2, 0.25) is 0 Å². The molecular formula is C27H25O+. The summed E-state index contributed by atoms with van der Waals surface area (Å²) >= 11 is 0. The van der Waals surface area contributed by atoms with Crippen LogP contribution in [0.25, 0.3) is 33.8 Å². The van der Waals surface area contributed by atoms with Gasteiger partial charge in [0.2, 0.25) is 0 Å². The normalized spacial score (nSPS) is 10.8. The Morgan fingerprint density at radius 1 is 0.500 bits per heavy atom. The third-order valence-electron chi connectivity index (χ3n) is 5.19. The first-order valence-electron chi connectivity index (χ1n) is 9.99. The fourth-order valence-corrected chi connectivity index (χ4v) is 3.39. The van der Waals surface area contributed by atoms with Gasteiger partial charge in [-0.25, -0.2) is 4.42 Å². The maximum Gasteiger partial charge on any atom is 0.361 e. The van der Waals surface area contributed by atoms with Gasteiger partial charge in [0.05, 0.1) is 23.3 Å². The summed E-state index contributed by atoms with van der Waals surface area (Å²) in [6.07, 6.45) is 2.08. The van der Waals surface area contributed by atoms with Gasteiger partial charge in [0.25, 0.3) is 0 Å². The Bertz CT molecular complexity index is 980. The molecule has 0 N–H and O–H groups in total. The molecule has 0 aliphatic rings. The fraction of sp³-hybridized carbons (Fsp3) is 0.148.